The van der Waals surface area contributed by atoms with E-state index in [1.807, 2.05) is 0 Å². The average Bonchev–Trinajstić information content (AvgIpc) is 2.72. The minimum atomic E-state index is -0.572. The molecule has 1 atom stereocenters. The third kappa shape index (κ3) is 2.70. The van der Waals surface area contributed by atoms with Gasteiger partial charge in [-0.3, -0.25) is 0 Å². The summed E-state index contributed by atoms with van der Waals surface area (Å²) >= 11 is 0. The molecule has 1 N–H and O–H groups in total. The maximum Gasteiger partial charge on any atom is 0.240 e. The van der Waals surface area contributed by atoms with Gasteiger partial charge in [0.1, 0.15) is 11.6 Å². The second kappa shape index (κ2) is 5.22. The van der Waals surface area contributed by atoms with Gasteiger partial charge in [0.05, 0.1) is 6.54 Å². The molecule has 1 aromatic carbocycles. The van der Waals surface area contributed by atoms with E-state index in [9.17, 15) is 8.78 Å². The number of halogens is 2. The average molecular weight is 253 g/mol. The van der Waals surface area contributed by atoms with Crippen molar-refractivity contribution in [3.05, 3.63) is 47.1 Å². The number of aromatic nitrogens is 2. The Labute approximate surface area is 103 Å². The molecule has 0 radical (unpaired) electrons. The molecule has 0 aliphatic rings. The van der Waals surface area contributed by atoms with Crippen LogP contribution in [0.5, 0.6) is 0 Å². The summed E-state index contributed by atoms with van der Waals surface area (Å²) in [6, 6.07) is 3.31. The lowest BCUT2D eigenvalue weighted by Crippen LogP contribution is -2.20. The molecule has 1 heterocycles. The zero-order chi connectivity index (χ0) is 13.1. The second-order valence-corrected chi connectivity index (χ2v) is 3.97. The van der Waals surface area contributed by atoms with Crippen LogP contribution in [0.3, 0.4) is 0 Å². The Hall–Kier alpha value is -1.82. The Morgan fingerprint density at radius 1 is 1.33 bits per heavy atom. The normalized spacial score (nSPS) is 12.7. The molecule has 18 heavy (non-hydrogen) atoms. The summed E-state index contributed by atoms with van der Waals surface area (Å²) in [5.41, 5.74) is 0.00809. The van der Waals surface area contributed by atoms with Crippen molar-refractivity contribution < 1.29 is 13.3 Å². The van der Waals surface area contributed by atoms with Gasteiger partial charge in [0.15, 0.2) is 5.82 Å². The maximum atomic E-state index is 13.5. The molecule has 0 saturated heterocycles. The molecule has 0 saturated carbocycles. The lowest BCUT2D eigenvalue weighted by Gasteiger charge is -2.14. The van der Waals surface area contributed by atoms with Gasteiger partial charge in [-0.2, -0.15) is 4.98 Å². The second-order valence-electron chi connectivity index (χ2n) is 3.97. The monoisotopic (exact) mass is 253 g/mol. The molecule has 96 valence electrons. The van der Waals surface area contributed by atoms with Crippen molar-refractivity contribution in [1.82, 2.24) is 15.5 Å². The molecule has 2 rings (SSSR count). The number of aryl methyl sites for hydroxylation is 1. The van der Waals surface area contributed by atoms with Gasteiger partial charge in [-0.25, -0.2) is 8.78 Å². The first kappa shape index (κ1) is 12.6. The summed E-state index contributed by atoms with van der Waals surface area (Å²) in [5.74, 6) is -0.235. The molecule has 2 aromatic rings. The fraction of sp³-hybridized carbons (Fsp3) is 0.333. The van der Waals surface area contributed by atoms with E-state index in [-0.39, 0.29) is 12.1 Å². The fourth-order valence-electron chi connectivity index (χ4n) is 1.68. The first-order valence-corrected chi connectivity index (χ1v) is 5.54. The lowest BCUT2D eigenvalue weighted by atomic mass is 10.1. The quantitative estimate of drug-likeness (QED) is 0.909. The highest BCUT2D eigenvalue weighted by Crippen LogP contribution is 2.20. The predicted molar refractivity (Wildman–Crippen MR) is 60.6 cm³/mol. The van der Waals surface area contributed by atoms with Gasteiger partial charge >= 0.3 is 0 Å². The van der Waals surface area contributed by atoms with Gasteiger partial charge in [-0.15, -0.1) is 0 Å². The van der Waals surface area contributed by atoms with Crippen molar-refractivity contribution in [3.63, 3.8) is 0 Å². The molecular weight excluding hydrogens is 240 g/mol. The Balaban J connectivity index is 2.06. The van der Waals surface area contributed by atoms with Gasteiger partial charge in [0.2, 0.25) is 5.89 Å². The predicted octanol–water partition coefficient (Wildman–Crippen LogP) is 2.51. The van der Waals surface area contributed by atoms with Crippen molar-refractivity contribution in [2.45, 2.75) is 26.4 Å². The molecule has 0 amide bonds. The Kier molecular flexibility index (Phi) is 3.66. The fourth-order valence-corrected chi connectivity index (χ4v) is 1.68. The number of rotatable bonds is 4. The highest BCUT2D eigenvalue weighted by molar-refractivity contribution is 5.22. The van der Waals surface area contributed by atoms with Crippen LogP contribution in [0, 0.1) is 18.6 Å². The first-order valence-electron chi connectivity index (χ1n) is 5.54. The van der Waals surface area contributed by atoms with Crippen molar-refractivity contribution in [1.29, 1.82) is 0 Å². The molecule has 6 heteroatoms. The van der Waals surface area contributed by atoms with E-state index in [0.717, 1.165) is 0 Å². The van der Waals surface area contributed by atoms with Crippen LogP contribution in [0.2, 0.25) is 0 Å². The molecule has 1 unspecified atom stereocenters. The molecule has 0 aliphatic heterocycles. The standard InChI is InChI=1S/C12H13F2N3O/c1-7(12-9(13)4-3-5-10(12)14)15-6-11-16-8(2)17-18-11/h3-5,7,15H,6H2,1-2H3. The molecule has 4 nitrogen and oxygen atoms in total. The van der Waals surface area contributed by atoms with Gasteiger partial charge in [-0.05, 0) is 26.0 Å². The summed E-state index contributed by atoms with van der Waals surface area (Å²) in [6.07, 6.45) is 0. The molecule has 0 fully saturated rings. The summed E-state index contributed by atoms with van der Waals surface area (Å²) in [6.45, 7) is 3.63. The highest BCUT2D eigenvalue weighted by Gasteiger charge is 2.16. The molecule has 0 spiro atoms. The van der Waals surface area contributed by atoms with Crippen LogP contribution in [-0.4, -0.2) is 10.1 Å². The number of nitrogens with zero attached hydrogens (tertiary/aromatic N) is 2. The van der Waals surface area contributed by atoms with Gasteiger partial charge in [0.25, 0.3) is 0 Å². The molecular formula is C12H13F2N3O. The summed E-state index contributed by atoms with van der Waals surface area (Å²) in [5, 5.41) is 6.56. The van der Waals surface area contributed by atoms with Gasteiger partial charge < -0.3 is 9.84 Å². The molecule has 0 aliphatic carbocycles. The van der Waals surface area contributed by atoms with Crippen molar-refractivity contribution >= 4 is 0 Å². The van der Waals surface area contributed by atoms with Gasteiger partial charge in [0, 0.05) is 11.6 Å². The van der Waals surface area contributed by atoms with Crippen molar-refractivity contribution in [2.75, 3.05) is 0 Å². The van der Waals surface area contributed by atoms with Crippen LogP contribution in [0.1, 0.15) is 30.2 Å². The van der Waals surface area contributed by atoms with Crippen LogP contribution in [0.25, 0.3) is 0 Å². The zero-order valence-electron chi connectivity index (χ0n) is 10.1. The van der Waals surface area contributed by atoms with E-state index in [0.29, 0.717) is 11.7 Å². The van der Waals surface area contributed by atoms with E-state index in [1.165, 1.54) is 18.2 Å². The number of hydrogen-bond acceptors (Lipinski definition) is 4. The minimum absolute atomic E-state index is 0.00809. The van der Waals surface area contributed by atoms with Crippen LogP contribution in [-0.2, 0) is 6.54 Å². The third-order valence-electron chi connectivity index (χ3n) is 2.56. The zero-order valence-corrected chi connectivity index (χ0v) is 10.1. The maximum absolute atomic E-state index is 13.5. The van der Waals surface area contributed by atoms with Crippen LogP contribution in [0.4, 0.5) is 8.78 Å². The SMILES string of the molecule is Cc1noc(CNC(C)c2c(F)cccc2F)n1. The number of hydrogen-bond donors (Lipinski definition) is 1. The van der Waals surface area contributed by atoms with Crippen LogP contribution < -0.4 is 5.32 Å². The summed E-state index contributed by atoms with van der Waals surface area (Å²) < 4.78 is 31.9. The smallest absolute Gasteiger partial charge is 0.240 e. The van der Waals surface area contributed by atoms with Crippen molar-refractivity contribution in [3.8, 4) is 0 Å². The van der Waals surface area contributed by atoms with Gasteiger partial charge in [-0.1, -0.05) is 11.2 Å². The highest BCUT2D eigenvalue weighted by atomic mass is 19.1. The lowest BCUT2D eigenvalue weighted by molar-refractivity contribution is 0.354. The van der Waals surface area contributed by atoms with E-state index < -0.39 is 17.7 Å². The molecule has 0 bridgehead atoms. The largest absolute Gasteiger partial charge is 0.338 e. The molecule has 1 aromatic heterocycles. The number of benzene rings is 1. The summed E-state index contributed by atoms with van der Waals surface area (Å²) in [4.78, 5) is 3.99. The van der Waals surface area contributed by atoms with E-state index in [4.69, 9.17) is 4.52 Å². The Morgan fingerprint density at radius 2 is 2.00 bits per heavy atom. The van der Waals surface area contributed by atoms with E-state index in [1.54, 1.807) is 13.8 Å². The van der Waals surface area contributed by atoms with Crippen LogP contribution in [0.15, 0.2) is 22.7 Å². The van der Waals surface area contributed by atoms with E-state index >= 15 is 0 Å². The third-order valence-corrected chi connectivity index (χ3v) is 2.56. The topological polar surface area (TPSA) is 51.0 Å². The summed E-state index contributed by atoms with van der Waals surface area (Å²) in [7, 11) is 0. The van der Waals surface area contributed by atoms with E-state index in [2.05, 4.69) is 15.5 Å². The Bertz CT molecular complexity index is 522. The Morgan fingerprint density at radius 3 is 2.56 bits per heavy atom. The van der Waals surface area contributed by atoms with Crippen molar-refractivity contribution in [2.24, 2.45) is 0 Å². The first-order chi connectivity index (χ1) is 8.58. The van der Waals surface area contributed by atoms with Crippen LogP contribution >= 0.6 is 0 Å². The number of nitrogens with one attached hydrogen (secondary N) is 1. The minimum Gasteiger partial charge on any atom is -0.338 e.